The first-order chi connectivity index (χ1) is 15.6. The van der Waals surface area contributed by atoms with Gasteiger partial charge < -0.3 is 5.11 Å². The number of anilines is 1. The standard InChI is InChI=1S/C25H27N3O4S/c1-17-9-13-22(14-10-17)33(31,32)28(21-12-11-18(2)19(3)15-21)16-25(30)27-26-20(4)23-7-5-6-8-24(23)29/h5-15,29H,16H2,1-4H3,(H,27,30)/b26-20-. The third kappa shape index (κ3) is 5.59. The maximum absolute atomic E-state index is 13.5. The Balaban J connectivity index is 1.92. The molecular weight excluding hydrogens is 438 g/mol. The van der Waals surface area contributed by atoms with Crippen molar-refractivity contribution in [2.75, 3.05) is 10.8 Å². The van der Waals surface area contributed by atoms with Crippen LogP contribution in [-0.2, 0) is 14.8 Å². The summed E-state index contributed by atoms with van der Waals surface area (Å²) >= 11 is 0. The number of nitrogens with zero attached hydrogens (tertiary/aromatic N) is 2. The van der Waals surface area contributed by atoms with E-state index in [0.29, 0.717) is 17.0 Å². The third-order valence-electron chi connectivity index (χ3n) is 5.32. The van der Waals surface area contributed by atoms with E-state index in [1.807, 2.05) is 26.8 Å². The number of phenolic OH excluding ortho intramolecular Hbond substituents is 1. The van der Waals surface area contributed by atoms with E-state index in [4.69, 9.17) is 0 Å². The van der Waals surface area contributed by atoms with Crippen LogP contribution >= 0.6 is 0 Å². The van der Waals surface area contributed by atoms with E-state index >= 15 is 0 Å². The van der Waals surface area contributed by atoms with Crippen molar-refractivity contribution in [1.82, 2.24) is 5.43 Å². The smallest absolute Gasteiger partial charge is 0.264 e. The topological polar surface area (TPSA) is 99.1 Å². The minimum absolute atomic E-state index is 0.0340. The lowest BCUT2D eigenvalue weighted by atomic mass is 10.1. The van der Waals surface area contributed by atoms with Crippen LogP contribution in [0.15, 0.2) is 76.7 Å². The molecule has 0 atom stereocenters. The largest absolute Gasteiger partial charge is 0.507 e. The number of sulfonamides is 1. The zero-order chi connectivity index (χ0) is 24.2. The van der Waals surface area contributed by atoms with E-state index in [2.05, 4.69) is 10.5 Å². The summed E-state index contributed by atoms with van der Waals surface area (Å²) in [6.07, 6.45) is 0. The van der Waals surface area contributed by atoms with Gasteiger partial charge in [0.05, 0.1) is 16.3 Å². The highest BCUT2D eigenvalue weighted by Crippen LogP contribution is 2.26. The van der Waals surface area contributed by atoms with Gasteiger partial charge in [-0.25, -0.2) is 13.8 Å². The second-order valence-electron chi connectivity index (χ2n) is 7.84. The van der Waals surface area contributed by atoms with E-state index in [-0.39, 0.29) is 10.6 Å². The normalized spacial score (nSPS) is 11.8. The molecule has 0 aliphatic rings. The highest BCUT2D eigenvalue weighted by molar-refractivity contribution is 7.92. The maximum Gasteiger partial charge on any atom is 0.264 e. The number of hydrogen-bond donors (Lipinski definition) is 2. The molecule has 3 aromatic carbocycles. The predicted molar refractivity (Wildman–Crippen MR) is 130 cm³/mol. The van der Waals surface area contributed by atoms with Crippen LogP contribution in [0.4, 0.5) is 5.69 Å². The summed E-state index contributed by atoms with van der Waals surface area (Å²) in [5.74, 6) is -0.578. The van der Waals surface area contributed by atoms with Gasteiger partial charge >= 0.3 is 0 Å². The van der Waals surface area contributed by atoms with Crippen molar-refractivity contribution >= 4 is 27.3 Å². The Labute approximate surface area is 194 Å². The molecule has 0 fully saturated rings. The summed E-state index contributed by atoms with van der Waals surface area (Å²) in [7, 11) is -4.01. The lowest BCUT2D eigenvalue weighted by Crippen LogP contribution is -2.39. The Morgan fingerprint density at radius 2 is 1.64 bits per heavy atom. The minimum atomic E-state index is -4.01. The van der Waals surface area contributed by atoms with Crippen molar-refractivity contribution in [2.24, 2.45) is 5.10 Å². The van der Waals surface area contributed by atoms with Crippen LogP contribution in [0.3, 0.4) is 0 Å². The molecule has 0 saturated heterocycles. The molecule has 3 rings (SSSR count). The second-order valence-corrected chi connectivity index (χ2v) is 9.70. The lowest BCUT2D eigenvalue weighted by molar-refractivity contribution is -0.119. The van der Waals surface area contributed by atoms with Gasteiger partial charge in [-0.05, 0) is 75.2 Å². The molecule has 0 aromatic heterocycles. The SMILES string of the molecule is C/C(=N/NC(=O)CN(c1ccc(C)c(C)c1)S(=O)(=O)c1ccc(C)cc1)c1ccccc1O. The molecule has 3 aromatic rings. The zero-order valence-corrected chi connectivity index (χ0v) is 19.8. The van der Waals surface area contributed by atoms with Gasteiger partial charge in [0.2, 0.25) is 0 Å². The number of rotatable bonds is 7. The highest BCUT2D eigenvalue weighted by Gasteiger charge is 2.27. The number of hydrazone groups is 1. The summed E-state index contributed by atoms with van der Waals surface area (Å²) < 4.78 is 28.0. The number of hydrogen-bond acceptors (Lipinski definition) is 5. The summed E-state index contributed by atoms with van der Waals surface area (Å²) in [6.45, 7) is 6.86. The maximum atomic E-state index is 13.5. The van der Waals surface area contributed by atoms with Crippen molar-refractivity contribution < 1.29 is 18.3 Å². The number of carbonyl (C=O) groups excluding carboxylic acids is 1. The van der Waals surface area contributed by atoms with Crippen molar-refractivity contribution in [3.8, 4) is 5.75 Å². The predicted octanol–water partition coefficient (Wildman–Crippen LogP) is 4.05. The van der Waals surface area contributed by atoms with E-state index in [9.17, 15) is 18.3 Å². The van der Waals surface area contributed by atoms with Crippen LogP contribution in [0.2, 0.25) is 0 Å². The summed E-state index contributed by atoms with van der Waals surface area (Å²) in [4.78, 5) is 12.8. The Morgan fingerprint density at radius 1 is 0.970 bits per heavy atom. The molecule has 33 heavy (non-hydrogen) atoms. The fourth-order valence-electron chi connectivity index (χ4n) is 3.19. The minimum Gasteiger partial charge on any atom is -0.507 e. The number of para-hydroxylation sites is 1. The van der Waals surface area contributed by atoms with Crippen LogP contribution in [0.25, 0.3) is 0 Å². The molecular formula is C25H27N3O4S. The van der Waals surface area contributed by atoms with Crippen LogP contribution in [-0.4, -0.2) is 31.7 Å². The zero-order valence-electron chi connectivity index (χ0n) is 19.0. The van der Waals surface area contributed by atoms with Gasteiger partial charge in [0.1, 0.15) is 12.3 Å². The average molecular weight is 466 g/mol. The first kappa shape index (κ1) is 24.0. The third-order valence-corrected chi connectivity index (χ3v) is 7.10. The van der Waals surface area contributed by atoms with Crippen molar-refractivity contribution in [1.29, 1.82) is 0 Å². The van der Waals surface area contributed by atoms with Gasteiger partial charge in [0, 0.05) is 5.56 Å². The van der Waals surface area contributed by atoms with Crippen LogP contribution in [0.5, 0.6) is 5.75 Å². The molecule has 0 bridgehead atoms. The van der Waals surface area contributed by atoms with Crippen molar-refractivity contribution in [3.63, 3.8) is 0 Å². The molecule has 8 heteroatoms. The highest BCUT2D eigenvalue weighted by atomic mass is 32.2. The van der Waals surface area contributed by atoms with Gasteiger partial charge in [-0.1, -0.05) is 35.9 Å². The van der Waals surface area contributed by atoms with E-state index in [1.54, 1.807) is 49.4 Å². The summed E-state index contributed by atoms with van der Waals surface area (Å²) in [5, 5.41) is 14.0. The van der Waals surface area contributed by atoms with Crippen LogP contribution in [0.1, 0.15) is 29.2 Å². The number of aromatic hydroxyl groups is 1. The van der Waals surface area contributed by atoms with Crippen LogP contribution < -0.4 is 9.73 Å². The summed E-state index contributed by atoms with van der Waals surface area (Å²) in [6, 6.07) is 18.3. The fraction of sp³-hybridized carbons (Fsp3) is 0.200. The lowest BCUT2D eigenvalue weighted by Gasteiger charge is -2.24. The Kier molecular flexibility index (Phi) is 7.18. The average Bonchev–Trinajstić information content (AvgIpc) is 2.78. The number of aryl methyl sites for hydroxylation is 3. The summed E-state index contributed by atoms with van der Waals surface area (Å²) in [5.41, 5.74) is 6.49. The van der Waals surface area contributed by atoms with Crippen LogP contribution in [0, 0.1) is 20.8 Å². The molecule has 0 spiro atoms. The molecule has 172 valence electrons. The Morgan fingerprint density at radius 3 is 2.27 bits per heavy atom. The van der Waals surface area contributed by atoms with Gasteiger partial charge in [0.15, 0.2) is 0 Å². The van der Waals surface area contributed by atoms with E-state index in [1.165, 1.54) is 18.2 Å². The molecule has 0 heterocycles. The van der Waals surface area contributed by atoms with E-state index in [0.717, 1.165) is 21.0 Å². The van der Waals surface area contributed by atoms with Gasteiger partial charge in [-0.2, -0.15) is 5.10 Å². The fourth-order valence-corrected chi connectivity index (χ4v) is 4.60. The monoisotopic (exact) mass is 465 g/mol. The van der Waals surface area contributed by atoms with E-state index < -0.39 is 22.5 Å². The number of phenols is 1. The first-order valence-corrected chi connectivity index (χ1v) is 11.8. The molecule has 1 amide bonds. The molecule has 7 nitrogen and oxygen atoms in total. The number of carbonyl (C=O) groups is 1. The Hall–Kier alpha value is -3.65. The number of nitrogens with one attached hydrogen (secondary N) is 1. The molecule has 0 aliphatic carbocycles. The quantitative estimate of drug-likeness (QED) is 0.406. The number of benzene rings is 3. The molecule has 0 saturated carbocycles. The molecule has 0 aliphatic heterocycles. The van der Waals surface area contributed by atoms with Crippen molar-refractivity contribution in [3.05, 3.63) is 89.0 Å². The first-order valence-electron chi connectivity index (χ1n) is 10.4. The number of amides is 1. The Bertz CT molecular complexity index is 1300. The second kappa shape index (κ2) is 9.87. The molecule has 2 N–H and O–H groups in total. The van der Waals surface area contributed by atoms with Gasteiger partial charge in [-0.15, -0.1) is 0 Å². The van der Waals surface area contributed by atoms with Crippen molar-refractivity contribution in [2.45, 2.75) is 32.6 Å². The molecule has 0 radical (unpaired) electrons. The molecule has 0 unspecified atom stereocenters. The van der Waals surface area contributed by atoms with Gasteiger partial charge in [0.25, 0.3) is 15.9 Å². The van der Waals surface area contributed by atoms with Gasteiger partial charge in [-0.3, -0.25) is 9.10 Å².